The smallest absolute Gasteiger partial charge is 0.408 e. The topological polar surface area (TPSA) is 78.5 Å². The first-order valence-electron chi connectivity index (χ1n) is 9.05. The molecule has 0 heterocycles. The summed E-state index contributed by atoms with van der Waals surface area (Å²) in [5.74, 6) is -1.21. The minimum atomic E-state index is -1.31. The van der Waals surface area contributed by atoms with E-state index >= 15 is 0 Å². The Morgan fingerprint density at radius 2 is 1.56 bits per heavy atom. The molecule has 2 aromatic rings. The van der Waals surface area contributed by atoms with Crippen molar-refractivity contribution >= 4 is 12.1 Å². The molecule has 144 valence electrons. The molecular weight excluding hydrogens is 342 g/mol. The second-order valence-electron chi connectivity index (χ2n) is 7.49. The summed E-state index contributed by atoms with van der Waals surface area (Å²) in [7, 11) is 0. The summed E-state index contributed by atoms with van der Waals surface area (Å²) in [4.78, 5) is 23.4. The third-order valence-electron chi connectivity index (χ3n) is 4.32. The second kappa shape index (κ2) is 8.71. The molecule has 0 saturated carbocycles. The Hall–Kier alpha value is -2.82. The van der Waals surface area contributed by atoms with Crippen LogP contribution in [0, 0.1) is 5.92 Å². The number of carboxylic acid groups (broad SMARTS) is 1. The van der Waals surface area contributed by atoms with Crippen LogP contribution in [-0.2, 0) is 15.1 Å². The largest absolute Gasteiger partial charge is 0.548 e. The van der Waals surface area contributed by atoms with Crippen LogP contribution >= 0.6 is 0 Å². The number of aliphatic carboxylic acids is 1. The van der Waals surface area contributed by atoms with Gasteiger partial charge in [-0.1, -0.05) is 68.4 Å². The molecule has 2 aromatic carbocycles. The highest BCUT2D eigenvalue weighted by molar-refractivity contribution is 5.78. The van der Waals surface area contributed by atoms with Crippen LogP contribution in [0.25, 0.3) is 11.1 Å². The van der Waals surface area contributed by atoms with Crippen molar-refractivity contribution in [3.63, 3.8) is 0 Å². The highest BCUT2D eigenvalue weighted by Crippen LogP contribution is 2.28. The lowest BCUT2D eigenvalue weighted by atomic mass is 9.95. The van der Waals surface area contributed by atoms with Crippen LogP contribution in [0.1, 0.15) is 39.7 Å². The molecule has 0 bridgehead atoms. The van der Waals surface area contributed by atoms with E-state index in [2.05, 4.69) is 5.32 Å². The highest BCUT2D eigenvalue weighted by Gasteiger charge is 2.27. The number of ether oxygens (including phenoxy) is 1. The molecule has 1 N–H and O–H groups in total. The molecule has 2 rings (SSSR count). The number of alkyl carbamates (subject to hydrolysis) is 1. The molecular formula is C22H26NO4-. The molecule has 1 unspecified atom stereocenters. The van der Waals surface area contributed by atoms with Gasteiger partial charge in [0.05, 0.1) is 12.0 Å². The summed E-state index contributed by atoms with van der Waals surface area (Å²) in [5.41, 5.74) is 2.07. The van der Waals surface area contributed by atoms with Gasteiger partial charge in [0.1, 0.15) is 5.60 Å². The van der Waals surface area contributed by atoms with Crippen molar-refractivity contribution in [2.45, 2.75) is 45.8 Å². The lowest BCUT2D eigenvalue weighted by molar-refractivity contribution is -0.308. The van der Waals surface area contributed by atoms with Gasteiger partial charge in [-0.3, -0.25) is 0 Å². The van der Waals surface area contributed by atoms with Gasteiger partial charge in [-0.05, 0) is 42.9 Å². The maximum absolute atomic E-state index is 12.2. The number of carbonyl (C=O) groups excluding carboxylic acids is 2. The fraction of sp³-hybridized carbons (Fsp3) is 0.364. The van der Waals surface area contributed by atoms with Gasteiger partial charge in [0.15, 0.2) is 0 Å². The molecule has 1 atom stereocenters. The number of nitrogens with one attached hydrogen (secondary N) is 1. The van der Waals surface area contributed by atoms with E-state index in [1.54, 1.807) is 13.8 Å². The molecule has 5 nitrogen and oxygen atoms in total. The Kier molecular flexibility index (Phi) is 6.61. The van der Waals surface area contributed by atoms with Crippen molar-refractivity contribution in [2.75, 3.05) is 0 Å². The van der Waals surface area contributed by atoms with Gasteiger partial charge in [-0.15, -0.1) is 0 Å². The second-order valence-corrected chi connectivity index (χ2v) is 7.49. The highest BCUT2D eigenvalue weighted by atomic mass is 16.6. The fourth-order valence-electron chi connectivity index (χ4n) is 2.84. The first-order valence-corrected chi connectivity index (χ1v) is 9.05. The minimum absolute atomic E-state index is 0.103. The zero-order valence-corrected chi connectivity index (χ0v) is 16.2. The molecule has 0 aliphatic rings. The maximum Gasteiger partial charge on any atom is 0.408 e. The number of carboxylic acids is 1. The van der Waals surface area contributed by atoms with Gasteiger partial charge in [-0.2, -0.15) is 0 Å². The van der Waals surface area contributed by atoms with Crippen LogP contribution in [0.2, 0.25) is 0 Å². The molecule has 27 heavy (non-hydrogen) atoms. The van der Waals surface area contributed by atoms with Crippen LogP contribution in [0.3, 0.4) is 0 Å². The molecule has 1 amide bonds. The third kappa shape index (κ3) is 5.84. The number of rotatable bonds is 7. The molecule has 0 fully saturated rings. The van der Waals surface area contributed by atoms with Crippen molar-refractivity contribution in [3.8, 4) is 11.1 Å². The van der Waals surface area contributed by atoms with E-state index in [0.717, 1.165) is 16.7 Å². The van der Waals surface area contributed by atoms with Crippen LogP contribution in [-0.4, -0.2) is 18.1 Å². The van der Waals surface area contributed by atoms with Crippen LogP contribution in [0.15, 0.2) is 54.6 Å². The predicted octanol–water partition coefficient (Wildman–Crippen LogP) is 3.48. The van der Waals surface area contributed by atoms with E-state index in [-0.39, 0.29) is 12.3 Å². The minimum Gasteiger partial charge on any atom is -0.548 e. The number of hydrogen-bond donors (Lipinski definition) is 1. The van der Waals surface area contributed by atoms with Crippen molar-refractivity contribution < 1.29 is 19.4 Å². The monoisotopic (exact) mass is 368 g/mol. The average Bonchev–Trinajstić information content (AvgIpc) is 2.61. The van der Waals surface area contributed by atoms with Crippen molar-refractivity contribution in [1.29, 1.82) is 0 Å². The van der Waals surface area contributed by atoms with Gasteiger partial charge in [-0.25, -0.2) is 4.79 Å². The number of amides is 1. The zero-order valence-electron chi connectivity index (χ0n) is 16.2. The van der Waals surface area contributed by atoms with Crippen LogP contribution < -0.4 is 10.4 Å². The Bertz CT molecular complexity index is 767. The van der Waals surface area contributed by atoms with E-state index in [0.29, 0.717) is 0 Å². The lowest BCUT2D eigenvalue weighted by Crippen LogP contribution is -2.49. The third-order valence-corrected chi connectivity index (χ3v) is 4.32. The summed E-state index contributed by atoms with van der Waals surface area (Å²) in [6, 6.07) is 16.6. The summed E-state index contributed by atoms with van der Waals surface area (Å²) in [6.45, 7) is 7.28. The van der Waals surface area contributed by atoms with Crippen molar-refractivity contribution in [2.24, 2.45) is 5.92 Å². The van der Waals surface area contributed by atoms with Gasteiger partial charge in [0.2, 0.25) is 0 Å². The van der Waals surface area contributed by atoms with Crippen LogP contribution in [0.5, 0.6) is 0 Å². The van der Waals surface area contributed by atoms with Gasteiger partial charge < -0.3 is 20.0 Å². The standard InChI is InChI=1S/C22H27NO4/c1-15(2)14-19(20(24)25)23-21(26)27-22(3,4)18-12-10-17(11-13-18)16-8-6-5-7-9-16/h5-13,15,19H,14H2,1-4H3,(H,23,26)(H,24,25)/p-1. The molecule has 0 radical (unpaired) electrons. The van der Waals surface area contributed by atoms with Gasteiger partial charge >= 0.3 is 6.09 Å². The molecule has 0 aliphatic carbocycles. The number of benzene rings is 2. The van der Waals surface area contributed by atoms with Gasteiger partial charge in [0, 0.05) is 0 Å². The Morgan fingerprint density at radius 1 is 1.00 bits per heavy atom. The Morgan fingerprint density at radius 3 is 2.07 bits per heavy atom. The number of hydrogen-bond acceptors (Lipinski definition) is 4. The van der Waals surface area contributed by atoms with E-state index in [1.165, 1.54) is 0 Å². The first kappa shape index (κ1) is 20.5. The Labute approximate surface area is 160 Å². The molecule has 0 aromatic heterocycles. The van der Waals surface area contributed by atoms with Gasteiger partial charge in [0.25, 0.3) is 0 Å². The Balaban J connectivity index is 2.06. The van der Waals surface area contributed by atoms with E-state index in [9.17, 15) is 14.7 Å². The number of carbonyl (C=O) groups is 2. The molecule has 0 aliphatic heterocycles. The van der Waals surface area contributed by atoms with E-state index in [4.69, 9.17) is 4.74 Å². The van der Waals surface area contributed by atoms with Crippen molar-refractivity contribution in [3.05, 3.63) is 60.2 Å². The summed E-state index contributed by atoms with van der Waals surface area (Å²) in [6.07, 6.45) is -0.495. The zero-order chi connectivity index (χ0) is 20.0. The first-order chi connectivity index (χ1) is 12.7. The lowest BCUT2D eigenvalue weighted by Gasteiger charge is -2.28. The fourth-order valence-corrected chi connectivity index (χ4v) is 2.84. The summed E-state index contributed by atoms with van der Waals surface area (Å²) in [5, 5.41) is 13.6. The summed E-state index contributed by atoms with van der Waals surface area (Å²) < 4.78 is 5.49. The molecule has 5 heteroatoms. The predicted molar refractivity (Wildman–Crippen MR) is 103 cm³/mol. The van der Waals surface area contributed by atoms with E-state index < -0.39 is 23.7 Å². The SMILES string of the molecule is CC(C)CC(NC(=O)OC(C)(C)c1ccc(-c2ccccc2)cc1)C(=O)[O-]. The van der Waals surface area contributed by atoms with Crippen molar-refractivity contribution in [1.82, 2.24) is 5.32 Å². The van der Waals surface area contributed by atoms with Crippen LogP contribution in [0.4, 0.5) is 4.79 Å². The quantitative estimate of drug-likeness (QED) is 0.811. The normalized spacial score (nSPS) is 12.5. The molecule has 0 spiro atoms. The average molecular weight is 368 g/mol. The molecule has 0 saturated heterocycles. The van der Waals surface area contributed by atoms with E-state index in [1.807, 2.05) is 68.4 Å². The maximum atomic E-state index is 12.2. The summed E-state index contributed by atoms with van der Waals surface area (Å²) >= 11 is 0.